The summed E-state index contributed by atoms with van der Waals surface area (Å²) in [5.41, 5.74) is 2.44. The summed E-state index contributed by atoms with van der Waals surface area (Å²) in [5, 5.41) is 35.8. The van der Waals surface area contributed by atoms with Crippen molar-refractivity contribution in [2.45, 2.75) is 57.4 Å². The topological polar surface area (TPSA) is 138 Å². The van der Waals surface area contributed by atoms with Gasteiger partial charge in [0.25, 0.3) is 0 Å². The first-order valence-electron chi connectivity index (χ1n) is 13.5. The van der Waals surface area contributed by atoms with Crippen LogP contribution in [-0.2, 0) is 17.6 Å². The van der Waals surface area contributed by atoms with E-state index in [9.17, 15) is 24.9 Å². The predicted molar refractivity (Wildman–Crippen MR) is 150 cm³/mol. The van der Waals surface area contributed by atoms with Crippen molar-refractivity contribution >= 4 is 27.5 Å². The molecule has 0 bridgehead atoms. The van der Waals surface area contributed by atoms with Gasteiger partial charge in [-0.05, 0) is 68.1 Å². The maximum absolute atomic E-state index is 13.2. The summed E-state index contributed by atoms with van der Waals surface area (Å²) in [4.78, 5) is 29.5. The van der Waals surface area contributed by atoms with Crippen LogP contribution in [0.1, 0.15) is 49.7 Å². The summed E-state index contributed by atoms with van der Waals surface area (Å²) in [7, 11) is 0. The molecule has 0 unspecified atom stereocenters. The quantitative estimate of drug-likeness (QED) is 0.144. The Morgan fingerprint density at radius 3 is 2.45 bits per heavy atom. The largest absolute Gasteiger partial charge is 0.506 e. The zero-order valence-electron chi connectivity index (χ0n) is 21.7. The van der Waals surface area contributed by atoms with E-state index in [2.05, 4.69) is 20.5 Å². The van der Waals surface area contributed by atoms with Crippen LogP contribution in [-0.4, -0.2) is 69.9 Å². The maximum atomic E-state index is 13.2. The number of carbonyl (C=O) groups is 1. The first-order chi connectivity index (χ1) is 18.4. The van der Waals surface area contributed by atoms with E-state index < -0.39 is 0 Å². The van der Waals surface area contributed by atoms with Crippen LogP contribution in [0.2, 0.25) is 0 Å². The summed E-state index contributed by atoms with van der Waals surface area (Å²) in [6, 6.07) is 8.60. The summed E-state index contributed by atoms with van der Waals surface area (Å²) >= 11 is 1.12. The zero-order valence-corrected chi connectivity index (χ0v) is 22.5. The normalized spacial score (nSPS) is 14.2. The first-order valence-corrected chi connectivity index (χ1v) is 14.3. The van der Waals surface area contributed by atoms with E-state index in [-0.39, 0.29) is 28.0 Å². The van der Waals surface area contributed by atoms with Crippen LogP contribution >= 0.6 is 11.3 Å². The average Bonchev–Trinajstić information content (AvgIpc) is 3.32. The smallest absolute Gasteiger partial charge is 0.305 e. The molecule has 1 saturated carbocycles. The number of nitrogens with zero attached hydrogens (tertiary/aromatic N) is 1. The van der Waals surface area contributed by atoms with Crippen LogP contribution in [0.4, 0.5) is 0 Å². The number of amides is 1. The molecular formula is C28H38N4O5S. The number of phenols is 3. The van der Waals surface area contributed by atoms with Gasteiger partial charge < -0.3 is 35.8 Å². The third-order valence-corrected chi connectivity index (χ3v) is 8.18. The number of aromatic hydroxyl groups is 3. The maximum Gasteiger partial charge on any atom is 0.305 e. The summed E-state index contributed by atoms with van der Waals surface area (Å²) < 4.78 is 0.797. The highest BCUT2D eigenvalue weighted by Gasteiger charge is 2.24. The number of phenolic OH excluding ortho intramolecular Hbond substituents is 3. The second-order valence-electron chi connectivity index (χ2n) is 9.91. The molecule has 206 valence electrons. The lowest BCUT2D eigenvalue weighted by atomic mass is 9.94. The number of thiazole rings is 1. The fraction of sp³-hybridized carbons (Fsp3) is 0.500. The fourth-order valence-corrected chi connectivity index (χ4v) is 6.04. The number of fused-ring (bicyclic) bond motifs is 1. The molecule has 10 heteroatoms. The Labute approximate surface area is 226 Å². The Kier molecular flexibility index (Phi) is 10.0. The number of rotatable bonds is 13. The second kappa shape index (κ2) is 13.6. The molecule has 38 heavy (non-hydrogen) atoms. The van der Waals surface area contributed by atoms with Gasteiger partial charge in [0.15, 0.2) is 11.5 Å². The van der Waals surface area contributed by atoms with Crippen LogP contribution in [0.5, 0.6) is 17.2 Å². The van der Waals surface area contributed by atoms with Gasteiger partial charge in [-0.25, -0.2) is 0 Å². The number of nitrogens with one attached hydrogen (secondary N) is 3. The average molecular weight is 543 g/mol. The minimum atomic E-state index is -0.175. The molecule has 0 radical (unpaired) electrons. The molecule has 1 aliphatic rings. The minimum absolute atomic E-state index is 0.0887. The number of aromatic nitrogens is 1. The number of hydrogen-bond donors (Lipinski definition) is 6. The van der Waals surface area contributed by atoms with E-state index in [1.165, 1.54) is 12.5 Å². The molecule has 4 rings (SSSR count). The Balaban J connectivity index is 1.22. The van der Waals surface area contributed by atoms with Gasteiger partial charge in [-0.1, -0.05) is 42.7 Å². The van der Waals surface area contributed by atoms with Gasteiger partial charge in [0, 0.05) is 32.1 Å². The number of hydrogen-bond acceptors (Lipinski definition) is 8. The third kappa shape index (κ3) is 7.49. The lowest BCUT2D eigenvalue weighted by Crippen LogP contribution is -2.45. The molecule has 9 nitrogen and oxygen atoms in total. The Morgan fingerprint density at radius 2 is 1.66 bits per heavy atom. The molecule has 6 N–H and O–H groups in total. The summed E-state index contributed by atoms with van der Waals surface area (Å²) in [5.74, 6) is 0.0188. The van der Waals surface area contributed by atoms with Crippen molar-refractivity contribution in [3.8, 4) is 17.2 Å². The molecule has 2 aromatic carbocycles. The number of H-pyrrole nitrogens is 1. The highest BCUT2D eigenvalue weighted by molar-refractivity contribution is 7.16. The van der Waals surface area contributed by atoms with Crippen molar-refractivity contribution in [2.75, 3.05) is 32.7 Å². The van der Waals surface area contributed by atoms with Crippen molar-refractivity contribution in [1.82, 2.24) is 20.5 Å². The zero-order chi connectivity index (χ0) is 26.9. The molecule has 1 heterocycles. The van der Waals surface area contributed by atoms with Crippen LogP contribution in [0.3, 0.4) is 0 Å². The molecule has 1 aromatic heterocycles. The Bertz CT molecular complexity index is 1270. The van der Waals surface area contributed by atoms with E-state index in [1.807, 2.05) is 6.07 Å². The van der Waals surface area contributed by atoms with Gasteiger partial charge in [0.05, 0.1) is 4.70 Å². The van der Waals surface area contributed by atoms with Gasteiger partial charge in [0.1, 0.15) is 11.3 Å². The highest BCUT2D eigenvalue weighted by atomic mass is 32.1. The fourth-order valence-electron chi connectivity index (χ4n) is 5.14. The molecule has 0 saturated heterocycles. The number of carbonyl (C=O) groups excluding carboxylic acids is 1. The van der Waals surface area contributed by atoms with Gasteiger partial charge in [-0.3, -0.25) is 9.59 Å². The standard InChI is InChI=1S/C28H38N4O5S/c33-22-8-6-19(18-24(22)35)10-13-29-15-12-25(36)32(21-4-2-1-3-5-21)17-16-30-14-11-20-7-9-23(34)26-27(20)38-28(37)31-26/h6-9,18,21,29-30,33-35H,1-5,10-17H2,(H,31,37). The number of aromatic amines is 1. The van der Waals surface area contributed by atoms with Crippen molar-refractivity contribution in [3.63, 3.8) is 0 Å². The second-order valence-corrected chi connectivity index (χ2v) is 10.9. The van der Waals surface area contributed by atoms with Crippen molar-refractivity contribution in [1.29, 1.82) is 0 Å². The lowest BCUT2D eigenvalue weighted by molar-refractivity contribution is -0.134. The van der Waals surface area contributed by atoms with Gasteiger partial charge in [-0.15, -0.1) is 0 Å². The molecule has 1 amide bonds. The van der Waals surface area contributed by atoms with Gasteiger partial charge >= 0.3 is 4.87 Å². The summed E-state index contributed by atoms with van der Waals surface area (Å²) in [6.45, 7) is 3.36. The molecule has 3 aromatic rings. The van der Waals surface area contributed by atoms with E-state index >= 15 is 0 Å². The van der Waals surface area contributed by atoms with E-state index in [0.717, 1.165) is 59.3 Å². The van der Waals surface area contributed by atoms with Crippen molar-refractivity contribution in [2.24, 2.45) is 0 Å². The highest BCUT2D eigenvalue weighted by Crippen LogP contribution is 2.28. The van der Waals surface area contributed by atoms with E-state index in [1.54, 1.807) is 18.2 Å². The molecule has 0 aliphatic heterocycles. The SMILES string of the molecule is O=C(CCNCCc1ccc(O)c(O)c1)N(CCNCCc1ccc(O)c2[nH]c(=O)sc12)C1CCCCC1. The van der Waals surface area contributed by atoms with Gasteiger partial charge in [-0.2, -0.15) is 0 Å². The molecule has 1 fully saturated rings. The molecule has 1 aliphatic carbocycles. The first kappa shape index (κ1) is 27.9. The molecule has 0 spiro atoms. The van der Waals surface area contributed by atoms with Crippen molar-refractivity contribution in [3.05, 3.63) is 51.1 Å². The molecule has 0 atom stereocenters. The molecular weight excluding hydrogens is 504 g/mol. The van der Waals surface area contributed by atoms with Crippen molar-refractivity contribution < 1.29 is 20.1 Å². The Hall–Kier alpha value is -3.08. The minimum Gasteiger partial charge on any atom is -0.506 e. The predicted octanol–water partition coefficient (Wildman–Crippen LogP) is 3.22. The number of benzene rings is 2. The lowest BCUT2D eigenvalue weighted by Gasteiger charge is -2.34. The van der Waals surface area contributed by atoms with E-state index in [4.69, 9.17) is 0 Å². The third-order valence-electron chi connectivity index (χ3n) is 7.22. The van der Waals surface area contributed by atoms with Gasteiger partial charge in [0.2, 0.25) is 5.91 Å². The summed E-state index contributed by atoms with van der Waals surface area (Å²) in [6.07, 6.45) is 7.54. The van der Waals surface area contributed by atoms with Crippen LogP contribution in [0, 0.1) is 0 Å². The van der Waals surface area contributed by atoms with Crippen LogP contribution in [0.25, 0.3) is 10.2 Å². The monoisotopic (exact) mass is 542 g/mol. The van der Waals surface area contributed by atoms with Crippen LogP contribution in [0.15, 0.2) is 35.1 Å². The van der Waals surface area contributed by atoms with E-state index in [0.29, 0.717) is 57.1 Å². The Morgan fingerprint density at radius 1 is 0.921 bits per heavy atom. The van der Waals surface area contributed by atoms with Crippen LogP contribution < -0.4 is 15.5 Å².